The first kappa shape index (κ1) is 24.6. The van der Waals surface area contributed by atoms with Crippen molar-refractivity contribution >= 4 is 33.4 Å². The van der Waals surface area contributed by atoms with Crippen molar-refractivity contribution in [1.82, 2.24) is 4.98 Å². The van der Waals surface area contributed by atoms with E-state index in [4.69, 9.17) is 0 Å². The number of aromatic nitrogens is 1. The van der Waals surface area contributed by atoms with Crippen molar-refractivity contribution in [2.75, 3.05) is 11.8 Å². The number of alkyl halides is 3. The number of anilines is 1. The molecular weight excluding hydrogens is 477 g/mol. The van der Waals surface area contributed by atoms with E-state index in [2.05, 4.69) is 14.4 Å². The van der Waals surface area contributed by atoms with Crippen LogP contribution in [0, 0.1) is 6.92 Å². The number of sulfonamides is 1. The number of rotatable bonds is 7. The number of benzene rings is 2. The minimum Gasteiger partial charge on any atom is -0.465 e. The summed E-state index contributed by atoms with van der Waals surface area (Å²) in [7, 11) is -2.76. The van der Waals surface area contributed by atoms with Crippen molar-refractivity contribution in [3.8, 4) is 0 Å². The molecule has 0 amide bonds. The monoisotopic (exact) mass is 496 g/mol. The van der Waals surface area contributed by atoms with Crippen molar-refractivity contribution in [2.45, 2.75) is 28.8 Å². The van der Waals surface area contributed by atoms with Gasteiger partial charge in [-0.1, -0.05) is 18.2 Å². The SMILES string of the molecule is COC(=O)c1cc(S(=O)(=O)Nc2ccc(SCc3ccc(C(F)(F)F)cc3)nc2)ccc1C. The molecule has 0 bridgehead atoms. The molecule has 1 N–H and O–H groups in total. The van der Waals surface area contributed by atoms with Crippen LogP contribution >= 0.6 is 11.8 Å². The van der Waals surface area contributed by atoms with Crippen LogP contribution in [0.3, 0.4) is 0 Å². The molecule has 0 aliphatic carbocycles. The topological polar surface area (TPSA) is 85.4 Å². The standard InChI is InChI=1S/C22H19F3N2O4S2/c1-14-3-9-18(11-19(14)21(28)31-2)33(29,30)27-17-8-10-20(26-12-17)32-13-15-4-6-16(7-5-15)22(23,24)25/h3-12,27H,13H2,1-2H3. The molecule has 174 valence electrons. The van der Waals surface area contributed by atoms with Crippen LogP contribution in [-0.2, 0) is 26.7 Å². The first-order valence-corrected chi connectivity index (χ1v) is 11.9. The van der Waals surface area contributed by atoms with Gasteiger partial charge >= 0.3 is 12.1 Å². The van der Waals surface area contributed by atoms with Crippen molar-refractivity contribution in [3.05, 3.63) is 83.0 Å². The summed E-state index contributed by atoms with van der Waals surface area (Å²) in [4.78, 5) is 15.9. The molecule has 0 unspecified atom stereocenters. The molecule has 0 radical (unpaired) electrons. The van der Waals surface area contributed by atoms with Gasteiger partial charge in [0.15, 0.2) is 0 Å². The zero-order chi connectivity index (χ0) is 24.2. The van der Waals surface area contributed by atoms with Crippen LogP contribution in [0.5, 0.6) is 0 Å². The van der Waals surface area contributed by atoms with Gasteiger partial charge in [0, 0.05) is 5.75 Å². The number of aryl methyl sites for hydroxylation is 1. The predicted octanol–water partition coefficient (Wildman–Crippen LogP) is 5.29. The van der Waals surface area contributed by atoms with Gasteiger partial charge in [0.2, 0.25) is 0 Å². The van der Waals surface area contributed by atoms with Gasteiger partial charge in [0.05, 0.1) is 40.0 Å². The highest BCUT2D eigenvalue weighted by molar-refractivity contribution is 7.98. The third kappa shape index (κ3) is 6.26. The second kappa shape index (κ2) is 9.84. The van der Waals surface area contributed by atoms with E-state index in [1.165, 1.54) is 61.5 Å². The van der Waals surface area contributed by atoms with Gasteiger partial charge in [-0.2, -0.15) is 13.2 Å². The highest BCUT2D eigenvalue weighted by Gasteiger charge is 2.29. The molecule has 0 saturated heterocycles. The lowest BCUT2D eigenvalue weighted by atomic mass is 10.1. The van der Waals surface area contributed by atoms with E-state index in [-0.39, 0.29) is 16.1 Å². The summed E-state index contributed by atoms with van der Waals surface area (Å²) in [6, 6.07) is 12.1. The Morgan fingerprint density at radius 2 is 1.79 bits per heavy atom. The number of ether oxygens (including phenoxy) is 1. The minimum absolute atomic E-state index is 0.103. The van der Waals surface area contributed by atoms with Gasteiger partial charge < -0.3 is 4.74 Å². The molecular formula is C22H19F3N2O4S2. The predicted molar refractivity (Wildman–Crippen MR) is 119 cm³/mol. The van der Waals surface area contributed by atoms with Crippen LogP contribution in [0.1, 0.15) is 27.0 Å². The Bertz CT molecular complexity index is 1240. The van der Waals surface area contributed by atoms with Crippen molar-refractivity contribution in [1.29, 1.82) is 0 Å². The van der Waals surface area contributed by atoms with Crippen LogP contribution in [0.4, 0.5) is 18.9 Å². The molecule has 1 heterocycles. The summed E-state index contributed by atoms with van der Waals surface area (Å²) in [5, 5.41) is 0.571. The van der Waals surface area contributed by atoms with Crippen LogP contribution in [0.15, 0.2) is 70.7 Å². The van der Waals surface area contributed by atoms with E-state index in [9.17, 15) is 26.4 Å². The van der Waals surface area contributed by atoms with E-state index < -0.39 is 27.7 Å². The number of carbonyl (C=O) groups excluding carboxylic acids is 1. The summed E-state index contributed by atoms with van der Waals surface area (Å²) in [6.45, 7) is 1.67. The number of esters is 1. The number of halogens is 3. The molecule has 1 aromatic heterocycles. The number of pyridine rings is 1. The van der Waals surface area contributed by atoms with Crippen LogP contribution in [0.2, 0.25) is 0 Å². The summed E-state index contributed by atoms with van der Waals surface area (Å²) in [5.74, 6) is -0.240. The molecule has 0 aliphatic heterocycles. The highest BCUT2D eigenvalue weighted by atomic mass is 32.2. The van der Waals surface area contributed by atoms with Gasteiger partial charge in [-0.15, -0.1) is 11.8 Å². The number of carbonyl (C=O) groups is 1. The normalized spacial score (nSPS) is 11.8. The van der Waals surface area contributed by atoms with E-state index in [0.29, 0.717) is 21.9 Å². The number of methoxy groups -OCH3 is 1. The highest BCUT2D eigenvalue weighted by Crippen LogP contribution is 2.30. The Balaban J connectivity index is 1.66. The molecule has 0 atom stereocenters. The van der Waals surface area contributed by atoms with Crippen molar-refractivity contribution in [2.24, 2.45) is 0 Å². The first-order chi connectivity index (χ1) is 15.5. The summed E-state index contributed by atoms with van der Waals surface area (Å²) < 4.78 is 70.4. The molecule has 2 aromatic carbocycles. The fourth-order valence-electron chi connectivity index (χ4n) is 2.79. The fourth-order valence-corrected chi connectivity index (χ4v) is 4.65. The smallest absolute Gasteiger partial charge is 0.416 e. The number of nitrogens with one attached hydrogen (secondary N) is 1. The molecule has 0 aliphatic rings. The summed E-state index contributed by atoms with van der Waals surface area (Å²) >= 11 is 1.30. The fraction of sp³-hybridized carbons (Fsp3) is 0.182. The Morgan fingerprint density at radius 1 is 1.09 bits per heavy atom. The lowest BCUT2D eigenvalue weighted by molar-refractivity contribution is -0.137. The molecule has 0 spiro atoms. The first-order valence-electron chi connectivity index (χ1n) is 9.46. The van der Waals surface area contributed by atoms with E-state index >= 15 is 0 Å². The Morgan fingerprint density at radius 3 is 2.36 bits per heavy atom. The molecule has 6 nitrogen and oxygen atoms in total. The quantitative estimate of drug-likeness (QED) is 0.354. The lowest BCUT2D eigenvalue weighted by Gasteiger charge is -2.11. The van der Waals surface area contributed by atoms with Crippen LogP contribution in [0.25, 0.3) is 0 Å². The van der Waals surface area contributed by atoms with Gasteiger partial charge in [-0.05, 0) is 54.4 Å². The maximum absolute atomic E-state index is 12.7. The minimum atomic E-state index is -4.38. The lowest BCUT2D eigenvalue weighted by Crippen LogP contribution is -2.14. The third-order valence-electron chi connectivity index (χ3n) is 4.58. The zero-order valence-electron chi connectivity index (χ0n) is 17.5. The average Bonchev–Trinajstić information content (AvgIpc) is 2.77. The van der Waals surface area contributed by atoms with Crippen molar-refractivity contribution < 1.29 is 31.1 Å². The summed E-state index contributed by atoms with van der Waals surface area (Å²) in [5.41, 5.74) is 0.929. The maximum atomic E-state index is 12.7. The maximum Gasteiger partial charge on any atom is 0.416 e. The average molecular weight is 497 g/mol. The Hall–Kier alpha value is -3.05. The molecule has 0 fully saturated rings. The van der Waals surface area contributed by atoms with Gasteiger partial charge in [0.1, 0.15) is 0 Å². The number of thioether (sulfide) groups is 1. The Kier molecular flexibility index (Phi) is 7.33. The van der Waals surface area contributed by atoms with Crippen LogP contribution in [-0.4, -0.2) is 26.5 Å². The van der Waals surface area contributed by atoms with Crippen LogP contribution < -0.4 is 4.72 Å². The zero-order valence-corrected chi connectivity index (χ0v) is 19.1. The number of hydrogen-bond acceptors (Lipinski definition) is 6. The Labute approximate surface area is 193 Å². The summed E-state index contributed by atoms with van der Waals surface area (Å²) in [6.07, 6.45) is -3.04. The molecule has 3 aromatic rings. The number of nitrogens with zero attached hydrogens (tertiary/aromatic N) is 1. The van der Waals surface area contributed by atoms with Gasteiger partial charge in [0.25, 0.3) is 10.0 Å². The second-order valence-electron chi connectivity index (χ2n) is 6.94. The van der Waals surface area contributed by atoms with Gasteiger partial charge in [-0.3, -0.25) is 4.72 Å². The van der Waals surface area contributed by atoms with Crippen molar-refractivity contribution in [3.63, 3.8) is 0 Å². The molecule has 33 heavy (non-hydrogen) atoms. The van der Waals surface area contributed by atoms with Gasteiger partial charge in [-0.25, -0.2) is 18.2 Å². The number of hydrogen-bond donors (Lipinski definition) is 1. The van der Waals surface area contributed by atoms with E-state index in [1.54, 1.807) is 13.0 Å². The van der Waals surface area contributed by atoms with E-state index in [1.807, 2.05) is 0 Å². The molecule has 3 rings (SSSR count). The second-order valence-corrected chi connectivity index (χ2v) is 9.62. The third-order valence-corrected chi connectivity index (χ3v) is 6.98. The molecule has 0 saturated carbocycles. The molecule has 11 heteroatoms. The van der Waals surface area contributed by atoms with E-state index in [0.717, 1.165) is 12.1 Å². The largest absolute Gasteiger partial charge is 0.465 e.